The van der Waals surface area contributed by atoms with Crippen molar-refractivity contribution in [1.29, 1.82) is 0 Å². The number of hydrogen-bond acceptors (Lipinski definition) is 5. The molecule has 2 rings (SSSR count). The van der Waals surface area contributed by atoms with Gasteiger partial charge in [-0.25, -0.2) is 22.8 Å². The summed E-state index contributed by atoms with van der Waals surface area (Å²) >= 11 is 0. The van der Waals surface area contributed by atoms with Gasteiger partial charge in [0.05, 0.1) is 16.9 Å². The van der Waals surface area contributed by atoms with Crippen LogP contribution in [0.25, 0.3) is 0 Å². The third-order valence-electron chi connectivity index (χ3n) is 4.51. The van der Waals surface area contributed by atoms with Gasteiger partial charge in [0.2, 0.25) is 0 Å². The molecule has 6 N–H and O–H groups in total. The van der Waals surface area contributed by atoms with E-state index in [0.29, 0.717) is 19.5 Å². The molecule has 0 spiro atoms. The fraction of sp³-hybridized carbons (Fsp3) is 0.464. The van der Waals surface area contributed by atoms with Crippen molar-refractivity contribution in [3.63, 3.8) is 0 Å². The maximum absolute atomic E-state index is 13.9. The van der Waals surface area contributed by atoms with E-state index in [1.165, 1.54) is 17.0 Å². The molecule has 226 valence electrons. The predicted octanol–water partition coefficient (Wildman–Crippen LogP) is 6.08. The maximum Gasteiger partial charge on any atom is 0.410 e. The van der Waals surface area contributed by atoms with Gasteiger partial charge in [-0.2, -0.15) is 0 Å². The van der Waals surface area contributed by atoms with E-state index in [1.54, 1.807) is 33.9 Å². The van der Waals surface area contributed by atoms with Crippen molar-refractivity contribution in [2.75, 3.05) is 25.5 Å². The second-order valence-electron chi connectivity index (χ2n) is 8.63. The Morgan fingerprint density at radius 3 is 1.98 bits per heavy atom. The first-order chi connectivity index (χ1) is 18.7. The number of anilines is 2. The summed E-state index contributed by atoms with van der Waals surface area (Å²) in [5, 5.41) is 4.78. The molecule has 0 aliphatic rings. The highest BCUT2D eigenvalue weighted by atomic mass is 19.2. The van der Waals surface area contributed by atoms with Gasteiger partial charge in [-0.15, -0.1) is 0 Å². The molecule has 4 amide bonds. The van der Waals surface area contributed by atoms with Crippen LogP contribution in [0, 0.1) is 17.5 Å². The van der Waals surface area contributed by atoms with Crippen LogP contribution in [0.4, 0.5) is 34.1 Å². The summed E-state index contributed by atoms with van der Waals surface area (Å²) in [6.07, 6.45) is 0.215. The summed E-state index contributed by atoms with van der Waals surface area (Å²) in [6.45, 7) is 15.9. The number of halogens is 3. The number of benzene rings is 2. The van der Waals surface area contributed by atoms with Crippen molar-refractivity contribution in [2.24, 2.45) is 11.5 Å². The number of hydrogen-bond donors (Lipinski definition) is 4. The summed E-state index contributed by atoms with van der Waals surface area (Å²) in [5.41, 5.74) is 9.42. The normalized spacial score (nSPS) is 9.80. The molecule has 0 saturated heterocycles. The smallest absolute Gasteiger partial charge is 0.410 e. The first-order valence-electron chi connectivity index (χ1n) is 13.0. The van der Waals surface area contributed by atoms with E-state index in [0.717, 1.165) is 17.7 Å². The van der Waals surface area contributed by atoms with Crippen LogP contribution in [0.5, 0.6) is 0 Å². The number of nitrogens with one attached hydrogen (secondary N) is 2. The van der Waals surface area contributed by atoms with Gasteiger partial charge in [-0.1, -0.05) is 40.7 Å². The Hall–Kier alpha value is -3.96. The van der Waals surface area contributed by atoms with Gasteiger partial charge in [-0.3, -0.25) is 4.79 Å². The van der Waals surface area contributed by atoms with Crippen LogP contribution in [0.15, 0.2) is 30.3 Å². The highest BCUT2D eigenvalue weighted by molar-refractivity contribution is 5.99. The third-order valence-corrected chi connectivity index (χ3v) is 4.51. The molecule has 2 aromatic carbocycles. The summed E-state index contributed by atoms with van der Waals surface area (Å²) in [7, 11) is 1.59. The van der Waals surface area contributed by atoms with E-state index < -0.39 is 46.8 Å². The molecule has 0 aliphatic carbocycles. The average Bonchev–Trinajstić information content (AvgIpc) is 2.89. The first-order valence-corrected chi connectivity index (χ1v) is 13.0. The second-order valence-corrected chi connectivity index (χ2v) is 8.63. The SMILES string of the molecule is CC.CC.CCc1ccc(Nc2c(C(N)=O)ccc(F)c2F)c(F)c1.CN(CCNC(N)=O)C(=O)OC(C)(C)C. The lowest BCUT2D eigenvalue weighted by Crippen LogP contribution is -2.40. The van der Waals surface area contributed by atoms with Crippen molar-refractivity contribution < 1.29 is 32.3 Å². The topological polar surface area (TPSA) is 140 Å². The molecule has 0 bridgehead atoms. The number of rotatable bonds is 7. The number of ether oxygens (including phenoxy) is 1. The molecule has 0 atom stereocenters. The largest absolute Gasteiger partial charge is 0.444 e. The monoisotopic (exact) mass is 571 g/mol. The van der Waals surface area contributed by atoms with Gasteiger partial charge in [0, 0.05) is 20.1 Å². The van der Waals surface area contributed by atoms with Crippen molar-refractivity contribution in [2.45, 2.75) is 67.4 Å². The highest BCUT2D eigenvalue weighted by Gasteiger charge is 2.20. The quantitative estimate of drug-likeness (QED) is 0.319. The van der Waals surface area contributed by atoms with Gasteiger partial charge >= 0.3 is 12.1 Å². The number of carbonyl (C=O) groups is 3. The molecule has 2 aromatic rings. The van der Waals surface area contributed by atoms with Crippen LogP contribution in [0.3, 0.4) is 0 Å². The summed E-state index contributed by atoms with van der Waals surface area (Å²) in [5.74, 6) is -4.02. The average molecular weight is 572 g/mol. The molecule has 0 saturated carbocycles. The van der Waals surface area contributed by atoms with Gasteiger partial charge in [-0.05, 0) is 57.0 Å². The van der Waals surface area contributed by atoms with Crippen LogP contribution in [-0.4, -0.2) is 48.7 Å². The van der Waals surface area contributed by atoms with Gasteiger partial charge in [0.1, 0.15) is 11.4 Å². The van der Waals surface area contributed by atoms with Crippen molar-refractivity contribution in [3.8, 4) is 0 Å². The summed E-state index contributed by atoms with van der Waals surface area (Å²) < 4.78 is 46.1. The maximum atomic E-state index is 13.9. The fourth-order valence-electron chi connectivity index (χ4n) is 2.67. The summed E-state index contributed by atoms with van der Waals surface area (Å²) in [6, 6.07) is 5.55. The van der Waals surface area contributed by atoms with E-state index in [9.17, 15) is 27.6 Å². The molecule has 0 aromatic heterocycles. The Labute approximate surface area is 235 Å². The zero-order valence-corrected chi connectivity index (χ0v) is 24.9. The van der Waals surface area contributed by atoms with Crippen LogP contribution in [0.1, 0.15) is 71.3 Å². The van der Waals surface area contributed by atoms with Crippen molar-refractivity contribution in [1.82, 2.24) is 10.2 Å². The molecular weight excluding hydrogens is 527 g/mol. The number of carbonyl (C=O) groups excluding carboxylic acids is 3. The number of likely N-dealkylation sites (N-methyl/N-ethyl adjacent to an activating group) is 1. The molecule has 12 heteroatoms. The minimum atomic E-state index is -1.29. The van der Waals surface area contributed by atoms with E-state index in [4.69, 9.17) is 16.2 Å². The molecule has 0 radical (unpaired) electrons. The number of amides is 4. The lowest BCUT2D eigenvalue weighted by molar-refractivity contribution is 0.0301. The predicted molar refractivity (Wildman–Crippen MR) is 153 cm³/mol. The third kappa shape index (κ3) is 14.3. The van der Waals surface area contributed by atoms with Crippen LogP contribution in [-0.2, 0) is 11.2 Å². The Morgan fingerprint density at radius 2 is 1.52 bits per heavy atom. The van der Waals surface area contributed by atoms with Crippen LogP contribution < -0.4 is 22.1 Å². The lowest BCUT2D eigenvalue weighted by Gasteiger charge is -2.24. The first kappa shape index (κ1) is 38.2. The fourth-order valence-corrected chi connectivity index (χ4v) is 2.67. The molecular formula is C28H44F3N5O4. The van der Waals surface area contributed by atoms with E-state index >= 15 is 0 Å². The highest BCUT2D eigenvalue weighted by Crippen LogP contribution is 2.28. The molecule has 0 aliphatic heterocycles. The zero-order chi connectivity index (χ0) is 31.6. The molecule has 0 heterocycles. The lowest BCUT2D eigenvalue weighted by atomic mass is 10.1. The minimum Gasteiger partial charge on any atom is -0.444 e. The number of urea groups is 1. The van der Waals surface area contributed by atoms with E-state index in [-0.39, 0.29) is 11.3 Å². The molecule has 40 heavy (non-hydrogen) atoms. The number of aryl methyl sites for hydroxylation is 1. The molecule has 0 unspecified atom stereocenters. The minimum absolute atomic E-state index is 0.0702. The Morgan fingerprint density at radius 1 is 0.950 bits per heavy atom. The number of primary amides is 2. The number of nitrogens with two attached hydrogens (primary N) is 2. The Kier molecular flexibility index (Phi) is 18.3. The summed E-state index contributed by atoms with van der Waals surface area (Å²) in [4.78, 5) is 34.4. The number of nitrogens with zero attached hydrogens (tertiary/aromatic N) is 1. The van der Waals surface area contributed by atoms with E-state index in [1.807, 2.05) is 34.6 Å². The second kappa shape index (κ2) is 19.2. The van der Waals surface area contributed by atoms with Crippen LogP contribution in [0.2, 0.25) is 0 Å². The van der Waals surface area contributed by atoms with Crippen LogP contribution >= 0.6 is 0 Å². The van der Waals surface area contributed by atoms with Gasteiger partial charge < -0.3 is 31.7 Å². The van der Waals surface area contributed by atoms with Crippen molar-refractivity contribution >= 4 is 29.4 Å². The Bertz CT molecular complexity index is 1090. The standard InChI is InChI=1S/C15H13F3N2O.C9H19N3O3.2C2H6/c1-2-8-3-6-12(11(17)7-8)20-14-9(15(19)21)4-5-10(16)13(14)18;1-9(2,3)15-8(14)12(4)6-5-11-7(10)13;2*1-2/h3-7,20H,2H2,1H3,(H2,19,21);5-6H2,1-4H3,(H3,10,11,13);2*1-2H3. The zero-order valence-electron chi connectivity index (χ0n) is 24.9. The van der Waals surface area contributed by atoms with Gasteiger partial charge in [0.25, 0.3) is 5.91 Å². The van der Waals surface area contributed by atoms with Gasteiger partial charge in [0.15, 0.2) is 11.6 Å². The molecule has 9 nitrogen and oxygen atoms in total. The molecule has 0 fully saturated rings. The van der Waals surface area contributed by atoms with Crippen molar-refractivity contribution in [3.05, 3.63) is 58.9 Å². The Balaban J connectivity index is 0. The van der Waals surface area contributed by atoms with E-state index in [2.05, 4.69) is 10.6 Å².